The molecule has 1 aliphatic heterocycles. The van der Waals surface area contributed by atoms with Crippen LogP contribution >= 0.6 is 11.6 Å². The largest absolute Gasteiger partial charge is 0.504 e. The molecule has 10 nitrogen and oxygen atoms in total. The second kappa shape index (κ2) is 11.8. The second-order valence-electron chi connectivity index (χ2n) is 9.82. The number of H-pyrrole nitrogens is 1. The van der Waals surface area contributed by atoms with Crippen LogP contribution in [-0.4, -0.2) is 77.6 Å². The summed E-state index contributed by atoms with van der Waals surface area (Å²) in [6, 6.07) is 17.6. The Labute approximate surface area is 246 Å². The van der Waals surface area contributed by atoms with Gasteiger partial charge in [0.05, 0.1) is 42.5 Å². The number of phenols is 1. The normalized spacial score (nSPS) is 13.9. The van der Waals surface area contributed by atoms with Gasteiger partial charge in [-0.25, -0.2) is 0 Å². The number of ketones is 1. The Morgan fingerprint density at radius 2 is 1.79 bits per heavy atom. The predicted molar refractivity (Wildman–Crippen MR) is 157 cm³/mol. The van der Waals surface area contributed by atoms with Gasteiger partial charge in [-0.2, -0.15) is 0 Å². The fourth-order valence-electron chi connectivity index (χ4n) is 5.06. The molecule has 2 aromatic heterocycles. The van der Waals surface area contributed by atoms with Crippen LogP contribution in [-0.2, 0) is 4.74 Å². The first-order valence-electron chi connectivity index (χ1n) is 13.4. The van der Waals surface area contributed by atoms with Crippen LogP contribution < -0.4 is 9.47 Å². The number of halogens is 1. The number of benzene rings is 3. The van der Waals surface area contributed by atoms with Crippen molar-refractivity contribution in [2.24, 2.45) is 0 Å². The van der Waals surface area contributed by atoms with Crippen LogP contribution in [0.5, 0.6) is 23.3 Å². The number of phenolic OH excluding ortho intramolecular Hbond substituents is 1. The van der Waals surface area contributed by atoms with Gasteiger partial charge in [-0.05, 0) is 34.5 Å². The molecule has 1 saturated heterocycles. The minimum absolute atomic E-state index is 0.0388. The van der Waals surface area contributed by atoms with E-state index in [2.05, 4.69) is 15.0 Å². The van der Waals surface area contributed by atoms with Gasteiger partial charge in [0, 0.05) is 36.1 Å². The molecule has 5 aromatic rings. The van der Waals surface area contributed by atoms with E-state index in [4.69, 9.17) is 30.3 Å². The number of para-hydroxylation sites is 1. The van der Waals surface area contributed by atoms with Crippen molar-refractivity contribution in [2.75, 3.05) is 46.6 Å². The lowest BCUT2D eigenvalue weighted by Crippen LogP contribution is -2.38. The summed E-state index contributed by atoms with van der Waals surface area (Å²) < 4.78 is 21.5. The number of carbonyl (C=O) groups excluding carboxylic acids is 1. The van der Waals surface area contributed by atoms with Crippen LogP contribution in [0.2, 0.25) is 5.02 Å². The summed E-state index contributed by atoms with van der Waals surface area (Å²) in [6.07, 6.45) is 0. The number of hydrogen-bond acceptors (Lipinski definition) is 9. The lowest BCUT2D eigenvalue weighted by atomic mass is 9.97. The first kappa shape index (κ1) is 27.6. The SMILES string of the molecule is COc1cccc(-c2ccc(-c3cc4c(C(=O)c5cc(OCCN6CCOCC6)no5)c(O)[nH]c4cc3Cl)cc2)c1O. The maximum atomic E-state index is 13.4. The summed E-state index contributed by atoms with van der Waals surface area (Å²) in [7, 11) is 1.50. The number of rotatable bonds is 9. The molecule has 0 spiro atoms. The Kier molecular flexibility index (Phi) is 7.75. The molecule has 0 aliphatic carbocycles. The van der Waals surface area contributed by atoms with Crippen molar-refractivity contribution in [1.82, 2.24) is 15.0 Å². The van der Waals surface area contributed by atoms with Crippen molar-refractivity contribution in [3.63, 3.8) is 0 Å². The molecule has 3 heterocycles. The standard InChI is InChI=1S/C31H28ClN3O7/c1-39-25-4-2-3-20(29(25)36)18-5-7-19(8-6-18)21-15-22-24(16-23(21)32)33-31(38)28(22)30(37)26-17-27(34-42-26)41-14-11-35-9-12-40-13-10-35/h2-8,15-17,33,36,38H,9-14H2,1H3. The maximum Gasteiger partial charge on any atom is 0.254 e. The lowest BCUT2D eigenvalue weighted by molar-refractivity contribution is 0.0318. The van der Waals surface area contributed by atoms with Crippen LogP contribution in [0, 0.1) is 0 Å². The Bertz CT molecular complexity index is 1740. The molecule has 11 heteroatoms. The molecule has 0 radical (unpaired) electrons. The fourth-order valence-corrected chi connectivity index (χ4v) is 5.34. The second-order valence-corrected chi connectivity index (χ2v) is 10.2. The summed E-state index contributed by atoms with van der Waals surface area (Å²) in [5, 5.41) is 26.0. The van der Waals surface area contributed by atoms with Crippen molar-refractivity contribution < 1.29 is 33.7 Å². The highest BCUT2D eigenvalue weighted by Crippen LogP contribution is 2.40. The third-order valence-corrected chi connectivity index (χ3v) is 7.61. The van der Waals surface area contributed by atoms with Crippen LogP contribution in [0.15, 0.2) is 65.2 Å². The van der Waals surface area contributed by atoms with Gasteiger partial charge in [0.1, 0.15) is 6.61 Å². The van der Waals surface area contributed by atoms with Gasteiger partial charge < -0.3 is 33.9 Å². The Balaban J connectivity index is 1.25. The number of aromatic hydroxyl groups is 2. The monoisotopic (exact) mass is 589 g/mol. The number of carbonyl (C=O) groups is 1. The van der Waals surface area contributed by atoms with Crippen molar-refractivity contribution in [3.05, 3.63) is 77.0 Å². The van der Waals surface area contributed by atoms with Crippen molar-refractivity contribution in [3.8, 4) is 45.5 Å². The third-order valence-electron chi connectivity index (χ3n) is 7.29. The third kappa shape index (κ3) is 5.39. The van der Waals surface area contributed by atoms with E-state index in [9.17, 15) is 15.0 Å². The molecular weight excluding hydrogens is 562 g/mol. The molecular formula is C31H28ClN3O7. The van der Waals surface area contributed by atoms with E-state index in [-0.39, 0.29) is 28.8 Å². The molecule has 3 aromatic carbocycles. The van der Waals surface area contributed by atoms with Gasteiger partial charge in [0.25, 0.3) is 5.88 Å². The van der Waals surface area contributed by atoms with E-state index in [0.717, 1.165) is 24.2 Å². The molecule has 0 saturated carbocycles. The van der Waals surface area contributed by atoms with E-state index in [1.807, 2.05) is 24.3 Å². The summed E-state index contributed by atoms with van der Waals surface area (Å²) >= 11 is 6.63. The van der Waals surface area contributed by atoms with Gasteiger partial charge in [-0.3, -0.25) is 9.69 Å². The lowest BCUT2D eigenvalue weighted by Gasteiger charge is -2.26. The van der Waals surface area contributed by atoms with E-state index in [1.54, 1.807) is 30.3 Å². The maximum absolute atomic E-state index is 13.4. The number of fused-ring (bicyclic) bond motifs is 1. The molecule has 0 unspecified atom stereocenters. The van der Waals surface area contributed by atoms with Gasteiger partial charge in [-0.15, -0.1) is 0 Å². The zero-order valence-electron chi connectivity index (χ0n) is 22.7. The van der Waals surface area contributed by atoms with E-state index >= 15 is 0 Å². The van der Waals surface area contributed by atoms with Crippen molar-refractivity contribution >= 4 is 28.3 Å². The highest BCUT2D eigenvalue weighted by molar-refractivity contribution is 6.34. The molecule has 0 bridgehead atoms. The summed E-state index contributed by atoms with van der Waals surface area (Å²) in [5.41, 5.74) is 3.38. The molecule has 42 heavy (non-hydrogen) atoms. The zero-order valence-corrected chi connectivity index (χ0v) is 23.5. The van der Waals surface area contributed by atoms with Gasteiger partial charge >= 0.3 is 0 Å². The number of nitrogens with one attached hydrogen (secondary N) is 1. The molecule has 0 amide bonds. The average molecular weight is 590 g/mol. The van der Waals surface area contributed by atoms with Gasteiger partial charge in [0.15, 0.2) is 11.5 Å². The summed E-state index contributed by atoms with van der Waals surface area (Å²) in [4.78, 5) is 18.5. The predicted octanol–water partition coefficient (Wildman–Crippen LogP) is 5.51. The number of aromatic nitrogens is 2. The van der Waals surface area contributed by atoms with Crippen LogP contribution in [0.1, 0.15) is 16.1 Å². The summed E-state index contributed by atoms with van der Waals surface area (Å²) in [6.45, 7) is 4.16. The Morgan fingerprint density at radius 1 is 1.05 bits per heavy atom. The number of nitrogens with zero attached hydrogens (tertiary/aromatic N) is 2. The highest BCUT2D eigenvalue weighted by Gasteiger charge is 2.25. The summed E-state index contributed by atoms with van der Waals surface area (Å²) in [5.74, 6) is -0.294. The van der Waals surface area contributed by atoms with E-state index in [0.29, 0.717) is 59.2 Å². The van der Waals surface area contributed by atoms with E-state index in [1.165, 1.54) is 13.2 Å². The number of morpholine rings is 1. The smallest absolute Gasteiger partial charge is 0.254 e. The van der Waals surface area contributed by atoms with Crippen LogP contribution in [0.4, 0.5) is 0 Å². The minimum atomic E-state index is -0.550. The molecule has 3 N–H and O–H groups in total. The topological polar surface area (TPSA) is 130 Å². The molecule has 1 fully saturated rings. The van der Waals surface area contributed by atoms with Gasteiger partial charge in [-0.1, -0.05) is 48.0 Å². The Hall–Kier alpha value is -4.51. The minimum Gasteiger partial charge on any atom is -0.504 e. The first-order valence-corrected chi connectivity index (χ1v) is 13.8. The molecule has 6 rings (SSSR count). The van der Waals surface area contributed by atoms with Crippen molar-refractivity contribution in [1.29, 1.82) is 0 Å². The molecule has 216 valence electrons. The number of hydrogen-bond donors (Lipinski definition) is 3. The van der Waals surface area contributed by atoms with Crippen LogP contribution in [0.3, 0.4) is 0 Å². The number of ether oxygens (including phenoxy) is 3. The highest BCUT2D eigenvalue weighted by atomic mass is 35.5. The molecule has 1 aliphatic rings. The van der Waals surface area contributed by atoms with Crippen LogP contribution in [0.25, 0.3) is 33.2 Å². The first-order chi connectivity index (χ1) is 20.4. The quantitative estimate of drug-likeness (QED) is 0.191. The van der Waals surface area contributed by atoms with Gasteiger partial charge in [0.2, 0.25) is 17.4 Å². The molecule has 0 atom stereocenters. The van der Waals surface area contributed by atoms with E-state index < -0.39 is 5.78 Å². The zero-order chi connectivity index (χ0) is 29.2. The number of aromatic amines is 1. The fraction of sp³-hybridized carbons (Fsp3) is 0.226. The average Bonchev–Trinajstić information content (AvgIpc) is 3.60. The van der Waals surface area contributed by atoms with Crippen molar-refractivity contribution in [2.45, 2.75) is 0 Å². The Morgan fingerprint density at radius 3 is 2.52 bits per heavy atom. The number of methoxy groups -OCH3 is 1.